The SMILES string of the molecule is CC(Br)c1ncnc(Br)c1F. The Morgan fingerprint density at radius 1 is 1.55 bits per heavy atom. The first-order valence-corrected chi connectivity index (χ1v) is 4.63. The van der Waals surface area contributed by atoms with Gasteiger partial charge in [0, 0.05) is 0 Å². The Morgan fingerprint density at radius 2 is 2.18 bits per heavy atom. The lowest BCUT2D eigenvalue weighted by atomic mass is 10.3. The number of hydrogen-bond acceptors (Lipinski definition) is 2. The molecule has 0 aliphatic heterocycles. The Morgan fingerprint density at radius 3 is 2.64 bits per heavy atom. The van der Waals surface area contributed by atoms with Gasteiger partial charge in [-0.3, -0.25) is 0 Å². The summed E-state index contributed by atoms with van der Waals surface area (Å²) in [6.45, 7) is 1.80. The van der Waals surface area contributed by atoms with E-state index in [1.807, 2.05) is 0 Å². The number of alkyl halides is 1. The van der Waals surface area contributed by atoms with Gasteiger partial charge in [0.25, 0.3) is 0 Å². The van der Waals surface area contributed by atoms with E-state index in [-0.39, 0.29) is 9.43 Å². The molecule has 0 N–H and O–H groups in total. The second kappa shape index (κ2) is 3.58. The number of hydrogen-bond donors (Lipinski definition) is 0. The van der Waals surface area contributed by atoms with Crippen LogP contribution in [0, 0.1) is 5.82 Å². The van der Waals surface area contributed by atoms with E-state index in [4.69, 9.17) is 0 Å². The molecule has 1 aromatic rings. The third kappa shape index (κ3) is 1.96. The molecule has 1 aromatic heterocycles. The van der Waals surface area contributed by atoms with Crippen LogP contribution in [0.15, 0.2) is 10.9 Å². The first kappa shape index (κ1) is 9.06. The van der Waals surface area contributed by atoms with Crippen LogP contribution in [0.25, 0.3) is 0 Å². The van der Waals surface area contributed by atoms with Crippen LogP contribution >= 0.6 is 31.9 Å². The van der Waals surface area contributed by atoms with Gasteiger partial charge in [-0.1, -0.05) is 15.9 Å². The van der Waals surface area contributed by atoms with Crippen LogP contribution in [0.3, 0.4) is 0 Å². The van der Waals surface area contributed by atoms with Crippen molar-refractivity contribution in [3.63, 3.8) is 0 Å². The normalized spacial score (nSPS) is 13.1. The molecule has 0 bridgehead atoms. The third-order valence-corrected chi connectivity index (χ3v) is 2.14. The molecule has 11 heavy (non-hydrogen) atoms. The second-order valence-corrected chi connectivity index (χ2v) is 4.10. The van der Waals surface area contributed by atoms with Crippen LogP contribution in [-0.2, 0) is 0 Å². The first-order chi connectivity index (χ1) is 5.13. The van der Waals surface area contributed by atoms with E-state index >= 15 is 0 Å². The summed E-state index contributed by atoms with van der Waals surface area (Å²) in [5.41, 5.74) is 0.367. The van der Waals surface area contributed by atoms with Crippen molar-refractivity contribution in [3.8, 4) is 0 Å². The van der Waals surface area contributed by atoms with Crippen LogP contribution in [-0.4, -0.2) is 9.97 Å². The Kier molecular flexibility index (Phi) is 2.95. The minimum Gasteiger partial charge on any atom is -0.237 e. The largest absolute Gasteiger partial charge is 0.237 e. The fraction of sp³-hybridized carbons (Fsp3) is 0.333. The average molecular weight is 284 g/mol. The van der Waals surface area contributed by atoms with Crippen molar-refractivity contribution in [1.29, 1.82) is 0 Å². The predicted molar refractivity (Wildman–Crippen MR) is 47.0 cm³/mol. The summed E-state index contributed by atoms with van der Waals surface area (Å²) < 4.78 is 13.3. The molecule has 60 valence electrons. The zero-order valence-electron chi connectivity index (χ0n) is 5.68. The van der Waals surface area contributed by atoms with Crippen molar-refractivity contribution < 1.29 is 4.39 Å². The van der Waals surface area contributed by atoms with Gasteiger partial charge in [0.05, 0.1) is 10.5 Å². The van der Waals surface area contributed by atoms with Gasteiger partial charge in [0.2, 0.25) is 0 Å². The zero-order chi connectivity index (χ0) is 8.43. The zero-order valence-corrected chi connectivity index (χ0v) is 8.86. The van der Waals surface area contributed by atoms with Crippen LogP contribution in [0.1, 0.15) is 17.4 Å². The summed E-state index contributed by atoms with van der Waals surface area (Å²) in [4.78, 5) is 7.31. The lowest BCUT2D eigenvalue weighted by Gasteiger charge is -2.03. The standard InChI is InChI=1S/C6H5Br2FN2/c1-3(7)5-4(9)6(8)11-2-10-5/h2-3H,1H3. The molecule has 5 heteroatoms. The molecule has 0 radical (unpaired) electrons. The molecule has 0 aliphatic carbocycles. The highest BCUT2D eigenvalue weighted by Gasteiger charge is 2.12. The van der Waals surface area contributed by atoms with E-state index in [0.717, 1.165) is 0 Å². The third-order valence-electron chi connectivity index (χ3n) is 1.15. The molecule has 0 saturated carbocycles. The average Bonchev–Trinajstić information content (AvgIpc) is 1.94. The van der Waals surface area contributed by atoms with E-state index in [1.54, 1.807) is 6.92 Å². The van der Waals surface area contributed by atoms with Gasteiger partial charge in [0.15, 0.2) is 5.82 Å². The molecule has 2 nitrogen and oxygen atoms in total. The summed E-state index contributed by atoms with van der Waals surface area (Å²) in [7, 11) is 0. The Labute approximate surface area is 80.5 Å². The van der Waals surface area contributed by atoms with E-state index < -0.39 is 5.82 Å². The molecule has 1 unspecified atom stereocenters. The first-order valence-electron chi connectivity index (χ1n) is 2.93. The van der Waals surface area contributed by atoms with Gasteiger partial charge < -0.3 is 0 Å². The number of halogens is 3. The molecular formula is C6H5Br2FN2. The van der Waals surface area contributed by atoms with Crippen molar-refractivity contribution in [1.82, 2.24) is 9.97 Å². The van der Waals surface area contributed by atoms with Crippen molar-refractivity contribution in [2.45, 2.75) is 11.8 Å². The molecule has 0 fully saturated rings. The lowest BCUT2D eigenvalue weighted by molar-refractivity contribution is 0.584. The maximum Gasteiger partial charge on any atom is 0.178 e. The molecule has 0 aromatic carbocycles. The summed E-state index contributed by atoms with van der Waals surface area (Å²) >= 11 is 6.18. The van der Waals surface area contributed by atoms with Gasteiger partial charge >= 0.3 is 0 Å². The molecule has 0 spiro atoms. The molecule has 0 saturated heterocycles. The van der Waals surface area contributed by atoms with Crippen LogP contribution in [0.4, 0.5) is 4.39 Å². The van der Waals surface area contributed by atoms with Crippen LogP contribution in [0.2, 0.25) is 0 Å². The fourth-order valence-corrected chi connectivity index (χ4v) is 1.25. The molecule has 0 aliphatic rings. The summed E-state index contributed by atoms with van der Waals surface area (Å²) in [5, 5.41) is 0. The quantitative estimate of drug-likeness (QED) is 0.585. The monoisotopic (exact) mass is 282 g/mol. The van der Waals surface area contributed by atoms with Crippen LogP contribution < -0.4 is 0 Å². The van der Waals surface area contributed by atoms with Crippen molar-refractivity contribution in [2.75, 3.05) is 0 Å². The minimum atomic E-state index is -0.406. The van der Waals surface area contributed by atoms with Crippen molar-refractivity contribution in [2.24, 2.45) is 0 Å². The maximum absolute atomic E-state index is 13.1. The summed E-state index contributed by atoms with van der Waals surface area (Å²) in [6.07, 6.45) is 1.32. The van der Waals surface area contributed by atoms with E-state index in [2.05, 4.69) is 41.8 Å². The molecule has 0 amide bonds. The van der Waals surface area contributed by atoms with Gasteiger partial charge in [-0.25, -0.2) is 14.4 Å². The topological polar surface area (TPSA) is 25.8 Å². The smallest absolute Gasteiger partial charge is 0.178 e. The lowest BCUT2D eigenvalue weighted by Crippen LogP contribution is -1.97. The summed E-state index contributed by atoms with van der Waals surface area (Å²) in [5.74, 6) is -0.406. The van der Waals surface area contributed by atoms with Gasteiger partial charge in [0.1, 0.15) is 10.9 Å². The highest BCUT2D eigenvalue weighted by Crippen LogP contribution is 2.24. The van der Waals surface area contributed by atoms with Crippen molar-refractivity contribution in [3.05, 3.63) is 22.4 Å². The highest BCUT2D eigenvalue weighted by atomic mass is 79.9. The molecule has 1 heterocycles. The molecular weight excluding hydrogens is 279 g/mol. The Hall–Kier alpha value is -0.0300. The maximum atomic E-state index is 13.1. The second-order valence-electron chi connectivity index (χ2n) is 1.98. The fourth-order valence-electron chi connectivity index (χ4n) is 0.638. The van der Waals surface area contributed by atoms with E-state index in [9.17, 15) is 4.39 Å². The van der Waals surface area contributed by atoms with Crippen LogP contribution in [0.5, 0.6) is 0 Å². The number of rotatable bonds is 1. The predicted octanol–water partition coefficient (Wildman–Crippen LogP) is 2.83. The Bertz CT molecular complexity index is 265. The number of nitrogens with zero attached hydrogens (tertiary/aromatic N) is 2. The van der Waals surface area contributed by atoms with Gasteiger partial charge in [-0.05, 0) is 22.9 Å². The van der Waals surface area contributed by atoms with Crippen molar-refractivity contribution >= 4 is 31.9 Å². The van der Waals surface area contributed by atoms with E-state index in [1.165, 1.54) is 6.33 Å². The van der Waals surface area contributed by atoms with Gasteiger partial charge in [-0.2, -0.15) is 0 Å². The molecule has 1 rings (SSSR count). The van der Waals surface area contributed by atoms with E-state index in [0.29, 0.717) is 5.69 Å². The van der Waals surface area contributed by atoms with Gasteiger partial charge in [-0.15, -0.1) is 0 Å². The summed E-state index contributed by atoms with van der Waals surface area (Å²) in [6, 6.07) is 0. The minimum absolute atomic E-state index is 0.0956. The number of aromatic nitrogens is 2. The highest BCUT2D eigenvalue weighted by molar-refractivity contribution is 9.10. The Balaban J connectivity index is 3.17. The molecule has 1 atom stereocenters.